The summed E-state index contributed by atoms with van der Waals surface area (Å²) >= 11 is 12.1. The molecule has 5 nitrogen and oxygen atoms in total. The van der Waals surface area contributed by atoms with Crippen LogP contribution in [0.5, 0.6) is 17.2 Å². The van der Waals surface area contributed by atoms with E-state index in [4.69, 9.17) is 37.4 Å². The third kappa shape index (κ3) is 3.48. The highest BCUT2D eigenvalue weighted by molar-refractivity contribution is 6.42. The first-order valence-electron chi connectivity index (χ1n) is 7.81. The van der Waals surface area contributed by atoms with Crippen molar-refractivity contribution in [1.82, 2.24) is 9.97 Å². The van der Waals surface area contributed by atoms with Crippen molar-refractivity contribution in [2.45, 2.75) is 13.3 Å². The molecule has 132 valence electrons. The van der Waals surface area contributed by atoms with Crippen molar-refractivity contribution in [2.75, 3.05) is 20.8 Å². The molecular weight excluding hydrogens is 363 g/mol. The Balaban J connectivity index is 2.10. The first-order chi connectivity index (χ1) is 12.1. The van der Waals surface area contributed by atoms with Gasteiger partial charge in [0.15, 0.2) is 11.5 Å². The van der Waals surface area contributed by atoms with Crippen molar-refractivity contribution >= 4 is 34.2 Å². The quantitative estimate of drug-likeness (QED) is 0.626. The highest BCUT2D eigenvalue weighted by atomic mass is 35.5. The van der Waals surface area contributed by atoms with Crippen LogP contribution in [0.15, 0.2) is 24.3 Å². The number of ether oxygens (including phenoxy) is 3. The molecule has 0 aliphatic heterocycles. The minimum Gasteiger partial charge on any atom is -0.493 e. The summed E-state index contributed by atoms with van der Waals surface area (Å²) in [5.74, 6) is 2.41. The van der Waals surface area contributed by atoms with Crippen LogP contribution in [0.25, 0.3) is 22.4 Å². The first-order valence-corrected chi connectivity index (χ1v) is 8.57. The number of nitrogens with one attached hydrogen (secondary N) is 1. The Hall–Kier alpha value is -2.11. The van der Waals surface area contributed by atoms with Crippen molar-refractivity contribution in [1.29, 1.82) is 0 Å². The van der Waals surface area contributed by atoms with E-state index >= 15 is 0 Å². The van der Waals surface area contributed by atoms with E-state index in [1.807, 2.05) is 19.1 Å². The average Bonchev–Trinajstić information content (AvgIpc) is 3.02. The van der Waals surface area contributed by atoms with Crippen molar-refractivity contribution in [3.63, 3.8) is 0 Å². The molecule has 0 aliphatic carbocycles. The maximum atomic E-state index is 6.07. The van der Waals surface area contributed by atoms with Gasteiger partial charge in [0.05, 0.1) is 41.9 Å². The van der Waals surface area contributed by atoms with Gasteiger partial charge in [-0.2, -0.15) is 0 Å². The standard InChI is InChI=1S/C18H18Cl2N2O3/c1-4-5-25-17-15(23-2)6-10(7-16(17)24-3)18-21-13-8-11(19)12(20)9-14(13)22-18/h6-9H,4-5H2,1-3H3,(H,21,22). The summed E-state index contributed by atoms with van der Waals surface area (Å²) in [5.41, 5.74) is 2.34. The molecule has 2 aromatic carbocycles. The van der Waals surface area contributed by atoms with Crippen LogP contribution in [0.4, 0.5) is 0 Å². The molecule has 0 bridgehead atoms. The van der Waals surface area contributed by atoms with Gasteiger partial charge in [0.2, 0.25) is 5.75 Å². The molecule has 3 aromatic rings. The minimum atomic E-state index is 0.464. The van der Waals surface area contributed by atoms with E-state index < -0.39 is 0 Å². The molecule has 0 atom stereocenters. The number of H-pyrrole nitrogens is 1. The number of nitrogens with zero attached hydrogens (tertiary/aromatic N) is 1. The van der Waals surface area contributed by atoms with Crippen LogP contribution in [0, 0.1) is 0 Å². The van der Waals surface area contributed by atoms with E-state index in [-0.39, 0.29) is 0 Å². The molecule has 0 saturated heterocycles. The Morgan fingerprint density at radius 2 is 1.64 bits per heavy atom. The molecule has 7 heteroatoms. The van der Waals surface area contributed by atoms with Gasteiger partial charge in [-0.1, -0.05) is 30.1 Å². The monoisotopic (exact) mass is 380 g/mol. The number of imidazole rings is 1. The van der Waals surface area contributed by atoms with E-state index in [1.54, 1.807) is 26.4 Å². The number of fused-ring (bicyclic) bond motifs is 1. The van der Waals surface area contributed by atoms with Crippen molar-refractivity contribution < 1.29 is 14.2 Å². The predicted octanol–water partition coefficient (Wildman–Crippen LogP) is 5.34. The van der Waals surface area contributed by atoms with Crippen LogP contribution in [0.3, 0.4) is 0 Å². The molecule has 0 fully saturated rings. The molecule has 1 heterocycles. The van der Waals surface area contributed by atoms with Crippen molar-refractivity contribution in [3.8, 4) is 28.6 Å². The van der Waals surface area contributed by atoms with Gasteiger partial charge >= 0.3 is 0 Å². The molecule has 0 saturated carbocycles. The summed E-state index contributed by atoms with van der Waals surface area (Å²) < 4.78 is 16.7. The molecule has 0 radical (unpaired) electrons. The lowest BCUT2D eigenvalue weighted by molar-refractivity contribution is 0.275. The van der Waals surface area contributed by atoms with E-state index in [0.29, 0.717) is 39.7 Å². The maximum Gasteiger partial charge on any atom is 0.203 e. The SMILES string of the molecule is CCCOc1c(OC)cc(-c2nc3cc(Cl)c(Cl)cc3[nH]2)cc1OC. The highest BCUT2D eigenvalue weighted by Crippen LogP contribution is 2.41. The van der Waals surface area contributed by atoms with Crippen LogP contribution < -0.4 is 14.2 Å². The fourth-order valence-electron chi connectivity index (χ4n) is 2.50. The van der Waals surface area contributed by atoms with Gasteiger partial charge in [-0.05, 0) is 30.7 Å². The van der Waals surface area contributed by atoms with Gasteiger partial charge in [-0.3, -0.25) is 0 Å². The van der Waals surface area contributed by atoms with Crippen molar-refractivity contribution in [2.24, 2.45) is 0 Å². The summed E-state index contributed by atoms with van der Waals surface area (Å²) in [6.45, 7) is 2.62. The van der Waals surface area contributed by atoms with E-state index in [9.17, 15) is 0 Å². The molecule has 1 aromatic heterocycles. The fourth-order valence-corrected chi connectivity index (χ4v) is 2.83. The van der Waals surface area contributed by atoms with Gasteiger partial charge in [-0.15, -0.1) is 0 Å². The normalized spacial score (nSPS) is 10.9. The summed E-state index contributed by atoms with van der Waals surface area (Å²) in [6.07, 6.45) is 0.888. The lowest BCUT2D eigenvalue weighted by Crippen LogP contribution is -2.01. The van der Waals surface area contributed by atoms with Crippen LogP contribution in [0.1, 0.15) is 13.3 Å². The molecule has 1 N–H and O–H groups in total. The van der Waals surface area contributed by atoms with Crippen molar-refractivity contribution in [3.05, 3.63) is 34.3 Å². The van der Waals surface area contributed by atoms with Gasteiger partial charge in [-0.25, -0.2) is 4.98 Å². The maximum absolute atomic E-state index is 6.07. The Morgan fingerprint density at radius 1 is 1.00 bits per heavy atom. The zero-order valence-electron chi connectivity index (χ0n) is 14.2. The predicted molar refractivity (Wildman–Crippen MR) is 100 cm³/mol. The zero-order chi connectivity index (χ0) is 18.0. The summed E-state index contributed by atoms with van der Waals surface area (Å²) in [6, 6.07) is 7.19. The minimum absolute atomic E-state index is 0.464. The molecule has 0 aliphatic rings. The van der Waals surface area contributed by atoms with Crippen LogP contribution in [0.2, 0.25) is 10.0 Å². The molecule has 3 rings (SSSR count). The van der Waals surface area contributed by atoms with E-state index in [0.717, 1.165) is 23.0 Å². The Bertz CT molecular complexity index is 845. The molecule has 0 unspecified atom stereocenters. The second-order valence-electron chi connectivity index (χ2n) is 5.43. The third-order valence-corrected chi connectivity index (χ3v) is 4.43. The van der Waals surface area contributed by atoms with Gasteiger partial charge in [0.25, 0.3) is 0 Å². The lowest BCUT2D eigenvalue weighted by atomic mass is 10.1. The number of halogens is 2. The smallest absolute Gasteiger partial charge is 0.203 e. The number of hydrogen-bond acceptors (Lipinski definition) is 4. The molecular formula is C18H18Cl2N2O3. The summed E-state index contributed by atoms with van der Waals surface area (Å²) in [4.78, 5) is 7.82. The zero-order valence-corrected chi connectivity index (χ0v) is 15.7. The van der Waals surface area contributed by atoms with Crippen LogP contribution in [-0.2, 0) is 0 Å². The number of rotatable bonds is 6. The Labute approximate surface area is 155 Å². The topological polar surface area (TPSA) is 56.4 Å². The largest absolute Gasteiger partial charge is 0.493 e. The number of methoxy groups -OCH3 is 2. The average molecular weight is 381 g/mol. The summed E-state index contributed by atoms with van der Waals surface area (Å²) in [7, 11) is 3.19. The van der Waals surface area contributed by atoms with Crippen LogP contribution in [-0.4, -0.2) is 30.8 Å². The number of aromatic nitrogens is 2. The van der Waals surface area contributed by atoms with E-state index in [1.165, 1.54) is 0 Å². The molecule has 0 amide bonds. The first kappa shape index (κ1) is 17.7. The molecule has 25 heavy (non-hydrogen) atoms. The fraction of sp³-hybridized carbons (Fsp3) is 0.278. The number of hydrogen-bond donors (Lipinski definition) is 1. The summed E-state index contributed by atoms with van der Waals surface area (Å²) in [5, 5.41) is 0.938. The second kappa shape index (κ2) is 7.42. The van der Waals surface area contributed by atoms with Gasteiger partial charge < -0.3 is 19.2 Å². The van der Waals surface area contributed by atoms with Gasteiger partial charge in [0, 0.05) is 5.56 Å². The van der Waals surface area contributed by atoms with Gasteiger partial charge in [0.1, 0.15) is 5.82 Å². The van der Waals surface area contributed by atoms with Crippen LogP contribution >= 0.6 is 23.2 Å². The lowest BCUT2D eigenvalue weighted by Gasteiger charge is -2.15. The Kier molecular flexibility index (Phi) is 5.25. The highest BCUT2D eigenvalue weighted by Gasteiger charge is 2.17. The second-order valence-corrected chi connectivity index (χ2v) is 6.24. The Morgan fingerprint density at radius 3 is 2.24 bits per heavy atom. The number of benzene rings is 2. The third-order valence-electron chi connectivity index (χ3n) is 3.71. The number of aromatic amines is 1. The molecule has 0 spiro atoms. The van der Waals surface area contributed by atoms with E-state index in [2.05, 4.69) is 9.97 Å².